The van der Waals surface area contributed by atoms with Crippen molar-refractivity contribution in [1.82, 2.24) is 15.1 Å². The first kappa shape index (κ1) is 20.8. The van der Waals surface area contributed by atoms with Gasteiger partial charge in [-0.3, -0.25) is 14.9 Å². The van der Waals surface area contributed by atoms with Gasteiger partial charge in [-0.25, -0.2) is 0 Å². The number of anilines is 1. The van der Waals surface area contributed by atoms with E-state index in [1.165, 1.54) is 18.4 Å². The SMILES string of the molecule is COc1ccc(C(=O)N2CCCC2C(=O)Nc2nnc(-c3ccccc3)s2)c(OC)c1. The summed E-state index contributed by atoms with van der Waals surface area (Å²) in [7, 11) is 3.05. The third-order valence-electron chi connectivity index (χ3n) is 5.13. The first-order valence-corrected chi connectivity index (χ1v) is 10.6. The summed E-state index contributed by atoms with van der Waals surface area (Å²) in [5.41, 5.74) is 1.33. The van der Waals surface area contributed by atoms with Crippen LogP contribution < -0.4 is 14.8 Å². The van der Waals surface area contributed by atoms with Gasteiger partial charge in [-0.15, -0.1) is 10.2 Å². The van der Waals surface area contributed by atoms with Crippen LogP contribution in [-0.2, 0) is 4.79 Å². The van der Waals surface area contributed by atoms with Gasteiger partial charge in [0.25, 0.3) is 5.91 Å². The maximum absolute atomic E-state index is 13.2. The second-order valence-corrected chi connectivity index (χ2v) is 7.97. The lowest BCUT2D eigenvalue weighted by Gasteiger charge is -2.24. The van der Waals surface area contributed by atoms with Gasteiger partial charge in [0.15, 0.2) is 0 Å². The zero-order chi connectivity index (χ0) is 21.8. The van der Waals surface area contributed by atoms with E-state index in [-0.39, 0.29) is 11.8 Å². The molecular formula is C22H22N4O4S. The molecule has 3 aromatic rings. The van der Waals surface area contributed by atoms with E-state index in [2.05, 4.69) is 15.5 Å². The van der Waals surface area contributed by atoms with E-state index in [4.69, 9.17) is 9.47 Å². The number of benzene rings is 2. The minimum Gasteiger partial charge on any atom is -0.497 e. The van der Waals surface area contributed by atoms with Crippen molar-refractivity contribution >= 4 is 28.3 Å². The summed E-state index contributed by atoms with van der Waals surface area (Å²) in [6, 6.07) is 14.1. The van der Waals surface area contributed by atoms with E-state index >= 15 is 0 Å². The third-order valence-corrected chi connectivity index (χ3v) is 6.02. The molecule has 2 aromatic carbocycles. The number of likely N-dealkylation sites (tertiary alicyclic amines) is 1. The first-order valence-electron chi connectivity index (χ1n) is 9.83. The highest BCUT2D eigenvalue weighted by Crippen LogP contribution is 2.30. The lowest BCUT2D eigenvalue weighted by molar-refractivity contribution is -0.119. The van der Waals surface area contributed by atoms with Gasteiger partial charge in [0, 0.05) is 18.2 Å². The number of ether oxygens (including phenoxy) is 2. The van der Waals surface area contributed by atoms with Gasteiger partial charge in [-0.2, -0.15) is 0 Å². The lowest BCUT2D eigenvalue weighted by atomic mass is 10.1. The van der Waals surface area contributed by atoms with E-state index in [0.717, 1.165) is 17.0 Å². The van der Waals surface area contributed by atoms with Gasteiger partial charge < -0.3 is 14.4 Å². The van der Waals surface area contributed by atoms with Crippen LogP contribution in [0, 0.1) is 0 Å². The molecule has 0 bridgehead atoms. The fourth-order valence-electron chi connectivity index (χ4n) is 3.57. The quantitative estimate of drug-likeness (QED) is 0.633. The van der Waals surface area contributed by atoms with Gasteiger partial charge in [0.2, 0.25) is 11.0 Å². The number of hydrogen-bond donors (Lipinski definition) is 1. The van der Waals surface area contributed by atoms with E-state index in [1.807, 2.05) is 30.3 Å². The summed E-state index contributed by atoms with van der Waals surface area (Å²) in [5.74, 6) is 0.482. The minimum absolute atomic E-state index is 0.251. The molecule has 1 saturated heterocycles. The molecule has 1 aliphatic rings. The Labute approximate surface area is 183 Å². The summed E-state index contributed by atoms with van der Waals surface area (Å²) in [5, 5.41) is 12.2. The molecule has 0 spiro atoms. The molecule has 1 N–H and O–H groups in total. The standard InChI is InChI=1S/C22H22N4O4S/c1-29-15-10-11-16(18(13-15)30-2)21(28)26-12-6-9-17(26)19(27)23-22-25-24-20(31-22)14-7-4-3-5-8-14/h3-5,7-8,10-11,13,17H,6,9,12H2,1-2H3,(H,23,25,27). The summed E-state index contributed by atoms with van der Waals surface area (Å²) < 4.78 is 10.6. The van der Waals surface area contributed by atoms with Crippen LogP contribution >= 0.6 is 11.3 Å². The Bertz CT molecular complexity index is 1090. The maximum atomic E-state index is 13.2. The van der Waals surface area contributed by atoms with E-state index in [9.17, 15) is 9.59 Å². The summed E-state index contributed by atoms with van der Waals surface area (Å²) in [4.78, 5) is 27.7. The molecule has 2 heterocycles. The van der Waals surface area contributed by atoms with E-state index in [0.29, 0.717) is 35.2 Å². The molecule has 9 heteroatoms. The third kappa shape index (κ3) is 4.36. The molecule has 0 aliphatic carbocycles. The largest absolute Gasteiger partial charge is 0.497 e. The van der Waals surface area contributed by atoms with Crippen molar-refractivity contribution in [2.45, 2.75) is 18.9 Å². The fourth-order valence-corrected chi connectivity index (χ4v) is 4.32. The number of amides is 2. The maximum Gasteiger partial charge on any atom is 0.258 e. The molecule has 1 fully saturated rings. The number of aromatic nitrogens is 2. The van der Waals surface area contributed by atoms with Crippen molar-refractivity contribution < 1.29 is 19.1 Å². The molecule has 0 radical (unpaired) electrons. The minimum atomic E-state index is -0.580. The number of rotatable bonds is 6. The van der Waals surface area contributed by atoms with Crippen molar-refractivity contribution in [3.05, 3.63) is 54.1 Å². The zero-order valence-electron chi connectivity index (χ0n) is 17.2. The monoisotopic (exact) mass is 438 g/mol. The fraction of sp³-hybridized carbons (Fsp3) is 0.273. The van der Waals surface area contributed by atoms with Crippen molar-refractivity contribution in [3.8, 4) is 22.1 Å². The Morgan fingerprint density at radius 2 is 1.90 bits per heavy atom. The molecule has 1 aliphatic heterocycles. The smallest absolute Gasteiger partial charge is 0.258 e. The zero-order valence-corrected chi connectivity index (χ0v) is 18.0. The van der Waals surface area contributed by atoms with Crippen LogP contribution in [0.4, 0.5) is 5.13 Å². The van der Waals surface area contributed by atoms with Gasteiger partial charge in [-0.1, -0.05) is 41.7 Å². The number of nitrogens with zero attached hydrogens (tertiary/aromatic N) is 3. The first-order chi connectivity index (χ1) is 15.1. The van der Waals surface area contributed by atoms with Crippen LogP contribution in [0.25, 0.3) is 10.6 Å². The topological polar surface area (TPSA) is 93.7 Å². The summed E-state index contributed by atoms with van der Waals surface area (Å²) >= 11 is 1.30. The Morgan fingerprint density at radius 1 is 1.10 bits per heavy atom. The number of carbonyl (C=O) groups excluding carboxylic acids is 2. The Kier molecular flexibility index (Phi) is 6.13. The second kappa shape index (κ2) is 9.13. The van der Waals surface area contributed by atoms with Gasteiger partial charge >= 0.3 is 0 Å². The molecule has 160 valence electrons. The van der Waals surface area contributed by atoms with Crippen molar-refractivity contribution in [2.75, 3.05) is 26.1 Å². The normalized spacial score (nSPS) is 15.5. The molecule has 31 heavy (non-hydrogen) atoms. The molecule has 1 unspecified atom stereocenters. The van der Waals surface area contributed by atoms with Gasteiger partial charge in [0.1, 0.15) is 22.5 Å². The molecule has 1 atom stereocenters. The van der Waals surface area contributed by atoms with Crippen LogP contribution in [0.3, 0.4) is 0 Å². The highest BCUT2D eigenvalue weighted by molar-refractivity contribution is 7.18. The average Bonchev–Trinajstić information content (AvgIpc) is 3.48. The Hall–Kier alpha value is -3.46. The van der Waals surface area contributed by atoms with Gasteiger partial charge in [-0.05, 0) is 25.0 Å². The van der Waals surface area contributed by atoms with Gasteiger partial charge in [0.05, 0.1) is 19.8 Å². The second-order valence-electron chi connectivity index (χ2n) is 6.99. The van der Waals surface area contributed by atoms with Crippen molar-refractivity contribution in [2.24, 2.45) is 0 Å². The number of nitrogens with one attached hydrogen (secondary N) is 1. The summed E-state index contributed by atoms with van der Waals surface area (Å²) in [6.45, 7) is 0.498. The summed E-state index contributed by atoms with van der Waals surface area (Å²) in [6.07, 6.45) is 1.33. The highest BCUT2D eigenvalue weighted by atomic mass is 32.1. The highest BCUT2D eigenvalue weighted by Gasteiger charge is 2.36. The predicted octanol–water partition coefficient (Wildman–Crippen LogP) is 3.47. The predicted molar refractivity (Wildman–Crippen MR) is 118 cm³/mol. The number of hydrogen-bond acceptors (Lipinski definition) is 7. The van der Waals surface area contributed by atoms with Crippen molar-refractivity contribution in [1.29, 1.82) is 0 Å². The molecule has 4 rings (SSSR count). The number of carbonyl (C=O) groups is 2. The lowest BCUT2D eigenvalue weighted by Crippen LogP contribution is -2.43. The van der Waals surface area contributed by atoms with Crippen LogP contribution in [-0.4, -0.2) is 53.7 Å². The Morgan fingerprint density at radius 3 is 2.65 bits per heavy atom. The molecule has 2 amide bonds. The van der Waals surface area contributed by atoms with Crippen LogP contribution in [0.1, 0.15) is 23.2 Å². The molecule has 1 aromatic heterocycles. The molecule has 8 nitrogen and oxygen atoms in total. The van der Waals surface area contributed by atoms with E-state index < -0.39 is 6.04 Å². The number of methoxy groups -OCH3 is 2. The molecular weight excluding hydrogens is 416 g/mol. The molecule has 0 saturated carbocycles. The van der Waals surface area contributed by atoms with E-state index in [1.54, 1.807) is 30.2 Å². The Balaban J connectivity index is 1.49. The average molecular weight is 439 g/mol. The van der Waals surface area contributed by atoms with Crippen molar-refractivity contribution in [3.63, 3.8) is 0 Å². The van der Waals surface area contributed by atoms with Crippen LogP contribution in [0.5, 0.6) is 11.5 Å². The van der Waals surface area contributed by atoms with Crippen LogP contribution in [0.15, 0.2) is 48.5 Å². The van der Waals surface area contributed by atoms with Crippen LogP contribution in [0.2, 0.25) is 0 Å².